The van der Waals surface area contributed by atoms with Crippen molar-refractivity contribution in [1.29, 1.82) is 0 Å². The van der Waals surface area contributed by atoms with E-state index in [9.17, 15) is 4.21 Å². The molecule has 0 aliphatic carbocycles. The van der Waals surface area contributed by atoms with Gasteiger partial charge in [-0.1, -0.05) is 34.5 Å². The van der Waals surface area contributed by atoms with Gasteiger partial charge in [0, 0.05) is 0 Å². The topological polar surface area (TPSA) is 26.3 Å². The maximum absolute atomic E-state index is 11.0. The summed E-state index contributed by atoms with van der Waals surface area (Å²) in [6, 6.07) is 7.98. The van der Waals surface area contributed by atoms with E-state index in [1.807, 2.05) is 35.8 Å². The fourth-order valence-electron chi connectivity index (χ4n) is 1.83. The molecule has 0 radical (unpaired) electrons. The van der Waals surface area contributed by atoms with Crippen LogP contribution < -0.4 is 4.74 Å². The molecular weight excluding hydrogens is 240 g/mol. The molecule has 2 nitrogen and oxygen atoms in total. The van der Waals surface area contributed by atoms with Gasteiger partial charge in [0.15, 0.2) is 0 Å². The average Bonchev–Trinajstić information content (AvgIpc) is 2.35. The van der Waals surface area contributed by atoms with Crippen LogP contribution in [0.15, 0.2) is 47.6 Å². The van der Waals surface area contributed by atoms with Crippen LogP contribution in [0.2, 0.25) is 0 Å². The number of rotatable bonds is 0. The van der Waals surface area contributed by atoms with Gasteiger partial charge in [-0.25, -0.2) is 4.21 Å². The predicted octanol–water partition coefficient (Wildman–Crippen LogP) is 1.95. The maximum Gasteiger partial charge on any atom is 0.130 e. The first-order chi connectivity index (χ1) is 7.88. The minimum Gasteiger partial charge on any atom is -0.459 e. The molecule has 16 heavy (non-hydrogen) atoms. The van der Waals surface area contributed by atoms with Crippen molar-refractivity contribution in [2.75, 3.05) is 0 Å². The monoisotopic (exact) mass is 249 g/mol. The molecule has 82 valence electrons. The summed E-state index contributed by atoms with van der Waals surface area (Å²) in [5, 5.41) is 1.95. The second kappa shape index (κ2) is 3.96. The number of fused-ring (bicyclic) bond motifs is 2. The lowest BCUT2D eigenvalue weighted by atomic mass is 10.0. The molecule has 0 aromatic heterocycles. The lowest BCUT2D eigenvalue weighted by Crippen LogP contribution is -2.21. The van der Waals surface area contributed by atoms with Crippen LogP contribution >= 0.6 is 0 Å². The smallest absolute Gasteiger partial charge is 0.130 e. The molecule has 0 N–H and O–H groups in total. The van der Waals surface area contributed by atoms with E-state index < -0.39 is 0 Å². The van der Waals surface area contributed by atoms with Crippen LogP contribution in [-0.2, 0) is 25.7 Å². The van der Waals surface area contributed by atoms with Gasteiger partial charge in [0.1, 0.15) is 11.5 Å². The highest BCUT2D eigenvalue weighted by Crippen LogP contribution is 2.28. The van der Waals surface area contributed by atoms with Crippen LogP contribution in [0, 0.1) is 0 Å². The van der Waals surface area contributed by atoms with E-state index in [0.29, 0.717) is 10.2 Å². The molecule has 0 unspecified atom stereocenters. The van der Waals surface area contributed by atoms with Crippen LogP contribution in [0.1, 0.15) is 5.56 Å². The molecule has 0 bridgehead atoms. The lowest BCUT2D eigenvalue weighted by molar-refractivity contribution is 0.441. The van der Waals surface area contributed by atoms with E-state index in [-0.39, 0.29) is 9.04 Å². The summed E-state index contributed by atoms with van der Waals surface area (Å²) in [6.45, 7) is 0. The molecule has 0 fully saturated rings. The zero-order chi connectivity index (χ0) is 11.0. The van der Waals surface area contributed by atoms with Crippen LogP contribution in [-0.4, -0.2) is 9.07 Å². The first-order valence-corrected chi connectivity index (χ1v) is 7.47. The minimum absolute atomic E-state index is 0.371. The molecule has 0 amide bonds. The molecule has 1 aromatic carbocycles. The van der Waals surface area contributed by atoms with Crippen LogP contribution in [0.5, 0.6) is 5.75 Å². The molecular formula is C12H9O2S2-. The highest BCUT2D eigenvalue weighted by atomic mass is 32.8. The Balaban J connectivity index is 2.23. The van der Waals surface area contributed by atoms with E-state index >= 15 is 0 Å². The van der Waals surface area contributed by atoms with Crippen molar-refractivity contribution in [2.24, 2.45) is 0 Å². The quantitative estimate of drug-likeness (QED) is 0.519. The standard InChI is InChI=1S/C12H9O2S2/c13-15-16-7-3-6-11-12(16)8-9-4-1-2-5-10(9)14-11/h1-7H,8H2/q-1. The molecule has 0 spiro atoms. The highest BCUT2D eigenvalue weighted by molar-refractivity contribution is 8.32. The molecule has 2 aliphatic rings. The lowest BCUT2D eigenvalue weighted by Gasteiger charge is -2.28. The summed E-state index contributed by atoms with van der Waals surface area (Å²) in [5.74, 6) is 1.76. The third-order valence-corrected chi connectivity index (χ3v) is 5.34. The number of para-hydroxylation sites is 1. The fraction of sp³-hybridized carbons (Fsp3) is 0.0833. The van der Waals surface area contributed by atoms with Crippen molar-refractivity contribution >= 4 is 24.1 Å². The molecule has 0 saturated heterocycles. The third-order valence-electron chi connectivity index (χ3n) is 2.58. The first kappa shape index (κ1) is 9.93. The second-order valence-electron chi connectivity index (χ2n) is 3.53. The molecule has 0 atom stereocenters. The van der Waals surface area contributed by atoms with E-state index in [0.717, 1.165) is 28.4 Å². The van der Waals surface area contributed by atoms with Gasteiger partial charge in [-0.2, -0.15) is 5.41 Å². The zero-order valence-corrected chi connectivity index (χ0v) is 10.0. The Bertz CT molecular complexity index is 628. The third kappa shape index (κ3) is 1.54. The first-order valence-electron chi connectivity index (χ1n) is 4.92. The van der Waals surface area contributed by atoms with Gasteiger partial charge >= 0.3 is 0 Å². The summed E-state index contributed by atoms with van der Waals surface area (Å²) in [7, 11) is 0.268. The Kier molecular flexibility index (Phi) is 2.46. The van der Waals surface area contributed by atoms with Crippen molar-refractivity contribution in [3.05, 3.63) is 53.1 Å². The number of ether oxygens (including phenoxy) is 1. The van der Waals surface area contributed by atoms with Crippen molar-refractivity contribution < 1.29 is 8.95 Å². The number of hydrogen-bond acceptors (Lipinski definition) is 3. The van der Waals surface area contributed by atoms with Crippen molar-refractivity contribution in [3.63, 3.8) is 0 Å². The van der Waals surface area contributed by atoms with E-state index in [1.165, 1.54) is 0 Å². The molecule has 3 rings (SSSR count). The Labute approximate surface area is 98.5 Å². The van der Waals surface area contributed by atoms with E-state index in [1.54, 1.807) is 0 Å². The maximum atomic E-state index is 11.0. The minimum atomic E-state index is -0.371. The van der Waals surface area contributed by atoms with E-state index in [2.05, 4.69) is 6.07 Å². The van der Waals surface area contributed by atoms with Gasteiger partial charge in [-0.3, -0.25) is 0 Å². The molecule has 4 heteroatoms. The van der Waals surface area contributed by atoms with Gasteiger partial charge in [0.25, 0.3) is 0 Å². The van der Waals surface area contributed by atoms with Crippen molar-refractivity contribution in [3.8, 4) is 5.75 Å². The van der Waals surface area contributed by atoms with Crippen LogP contribution in [0.4, 0.5) is 0 Å². The zero-order valence-electron chi connectivity index (χ0n) is 8.38. The normalized spacial score (nSPS) is 18.2. The van der Waals surface area contributed by atoms with Gasteiger partial charge < -0.3 is 13.8 Å². The molecule has 1 aromatic rings. The Morgan fingerprint density at radius 3 is 3.06 bits per heavy atom. The summed E-state index contributed by atoms with van der Waals surface area (Å²) >= 11 is 0. The van der Waals surface area contributed by atoms with Gasteiger partial charge in [0.2, 0.25) is 0 Å². The second-order valence-corrected chi connectivity index (χ2v) is 6.52. The number of benzene rings is 1. The predicted molar refractivity (Wildman–Crippen MR) is 68.5 cm³/mol. The Hall–Kier alpha value is -1.26. The SMILES string of the molecule is O=S=[S-]1=C2Cc3ccccc3OC2=CC=C1. The van der Waals surface area contributed by atoms with Gasteiger partial charge in [-0.05, 0) is 24.1 Å². The van der Waals surface area contributed by atoms with E-state index in [4.69, 9.17) is 4.74 Å². The van der Waals surface area contributed by atoms with Crippen LogP contribution in [0.3, 0.4) is 0 Å². The largest absolute Gasteiger partial charge is 0.459 e. The number of hydrogen-bond donors (Lipinski definition) is 0. The summed E-state index contributed by atoms with van der Waals surface area (Å²) in [4.78, 5) is 1.11. The van der Waals surface area contributed by atoms with Gasteiger partial charge in [0.05, 0.1) is 0 Å². The Morgan fingerprint density at radius 1 is 1.31 bits per heavy atom. The summed E-state index contributed by atoms with van der Waals surface area (Å²) in [6.07, 6.45) is 4.66. The Morgan fingerprint density at radius 2 is 2.19 bits per heavy atom. The van der Waals surface area contributed by atoms with Gasteiger partial charge in [-0.15, -0.1) is 4.86 Å². The number of allylic oxidation sites excluding steroid dienone is 3. The van der Waals surface area contributed by atoms with Crippen molar-refractivity contribution in [2.45, 2.75) is 6.42 Å². The fourth-order valence-corrected chi connectivity index (χ4v) is 3.94. The highest BCUT2D eigenvalue weighted by Gasteiger charge is 2.15. The summed E-state index contributed by atoms with van der Waals surface area (Å²) < 4.78 is 16.8. The van der Waals surface area contributed by atoms with Crippen molar-refractivity contribution in [1.82, 2.24) is 0 Å². The van der Waals surface area contributed by atoms with Crippen LogP contribution in [0.25, 0.3) is 0 Å². The molecule has 2 aliphatic heterocycles. The summed E-state index contributed by atoms with van der Waals surface area (Å²) in [5.41, 5.74) is 1.16. The molecule has 0 saturated carbocycles. The average molecular weight is 249 g/mol. The molecule has 2 heterocycles.